The topological polar surface area (TPSA) is 66.5 Å². The van der Waals surface area contributed by atoms with Crippen molar-refractivity contribution in [3.05, 3.63) is 63.6 Å². The van der Waals surface area contributed by atoms with Gasteiger partial charge in [0, 0.05) is 17.3 Å². The molecule has 0 saturated heterocycles. The van der Waals surface area contributed by atoms with Gasteiger partial charge in [0.1, 0.15) is 6.54 Å². The molecule has 158 valence electrons. The monoisotopic (exact) mass is 474 g/mol. The van der Waals surface area contributed by atoms with Crippen LogP contribution in [0.15, 0.2) is 42.5 Å². The molecule has 0 saturated carbocycles. The van der Waals surface area contributed by atoms with Crippen LogP contribution in [0.25, 0.3) is 0 Å². The second kappa shape index (κ2) is 11.1. The van der Waals surface area contributed by atoms with Gasteiger partial charge in [-0.2, -0.15) is 11.8 Å². The summed E-state index contributed by atoms with van der Waals surface area (Å²) in [6.45, 7) is 2.21. The Morgan fingerprint density at radius 3 is 2.59 bits per heavy atom. The van der Waals surface area contributed by atoms with Gasteiger partial charge in [-0.25, -0.2) is 8.42 Å². The predicted molar refractivity (Wildman–Crippen MR) is 124 cm³/mol. The maximum absolute atomic E-state index is 12.3. The zero-order chi connectivity index (χ0) is 21.4. The van der Waals surface area contributed by atoms with Gasteiger partial charge in [-0.3, -0.25) is 9.10 Å². The number of hydrogen-bond acceptors (Lipinski definition) is 4. The molecule has 2 rings (SSSR count). The number of benzene rings is 2. The summed E-state index contributed by atoms with van der Waals surface area (Å²) in [5.74, 6) is 1.43. The first-order valence-electron chi connectivity index (χ1n) is 8.99. The molecule has 0 atom stereocenters. The normalized spacial score (nSPS) is 11.3. The predicted octanol–water partition coefficient (Wildman–Crippen LogP) is 4.51. The smallest absolute Gasteiger partial charge is 0.240 e. The van der Waals surface area contributed by atoms with E-state index in [1.165, 1.54) is 29.3 Å². The van der Waals surface area contributed by atoms with E-state index in [0.29, 0.717) is 11.6 Å². The van der Waals surface area contributed by atoms with Crippen molar-refractivity contribution >= 4 is 56.6 Å². The van der Waals surface area contributed by atoms with Crippen LogP contribution in [0.4, 0.5) is 5.69 Å². The van der Waals surface area contributed by atoms with Crippen molar-refractivity contribution in [2.45, 2.75) is 19.1 Å². The van der Waals surface area contributed by atoms with E-state index in [2.05, 4.69) is 30.4 Å². The number of amides is 1. The quantitative estimate of drug-likeness (QED) is 0.514. The van der Waals surface area contributed by atoms with Crippen LogP contribution in [-0.2, 0) is 20.6 Å². The molecule has 5 nitrogen and oxygen atoms in total. The first kappa shape index (κ1) is 23.9. The molecule has 0 aliphatic carbocycles. The summed E-state index contributed by atoms with van der Waals surface area (Å²) >= 11 is 13.8. The number of aryl methyl sites for hydroxylation is 1. The molecule has 9 heteroatoms. The van der Waals surface area contributed by atoms with Crippen molar-refractivity contribution in [2.75, 3.05) is 29.4 Å². The van der Waals surface area contributed by atoms with Crippen molar-refractivity contribution in [2.24, 2.45) is 0 Å². The molecule has 0 fully saturated rings. The van der Waals surface area contributed by atoms with Gasteiger partial charge in [-0.05, 0) is 42.9 Å². The van der Waals surface area contributed by atoms with Gasteiger partial charge >= 0.3 is 0 Å². The molecular formula is C20H24Cl2N2O3S2. The first-order chi connectivity index (χ1) is 13.7. The number of rotatable bonds is 10. The minimum absolute atomic E-state index is 0.170. The maximum Gasteiger partial charge on any atom is 0.240 e. The number of carbonyl (C=O) groups is 1. The Morgan fingerprint density at radius 2 is 1.93 bits per heavy atom. The third kappa shape index (κ3) is 8.09. The SMILES string of the molecule is Cc1cccc(CSCCCNC(=O)CN(c2ccc(Cl)cc2Cl)S(C)(=O)=O)c1. The van der Waals surface area contributed by atoms with Gasteiger partial charge in [0.05, 0.1) is 17.0 Å². The summed E-state index contributed by atoms with van der Waals surface area (Å²) in [5.41, 5.74) is 2.75. The van der Waals surface area contributed by atoms with Gasteiger partial charge < -0.3 is 5.32 Å². The lowest BCUT2D eigenvalue weighted by atomic mass is 10.2. The summed E-state index contributed by atoms with van der Waals surface area (Å²) in [5, 5.41) is 3.32. The third-order valence-electron chi connectivity index (χ3n) is 4.00. The number of sulfonamides is 1. The lowest BCUT2D eigenvalue weighted by molar-refractivity contribution is -0.119. The van der Waals surface area contributed by atoms with Crippen molar-refractivity contribution < 1.29 is 13.2 Å². The lowest BCUT2D eigenvalue weighted by Gasteiger charge is -2.23. The van der Waals surface area contributed by atoms with Gasteiger partial charge in [-0.15, -0.1) is 0 Å². The number of nitrogens with zero attached hydrogens (tertiary/aromatic N) is 1. The second-order valence-corrected chi connectivity index (χ2v) is 10.5. The Labute approximate surface area is 186 Å². The van der Waals surface area contributed by atoms with Gasteiger partial charge in [0.15, 0.2) is 0 Å². The molecule has 1 amide bonds. The molecular weight excluding hydrogens is 451 g/mol. The van der Waals surface area contributed by atoms with Crippen LogP contribution >= 0.6 is 35.0 Å². The van der Waals surface area contributed by atoms with Crippen LogP contribution in [-0.4, -0.2) is 39.4 Å². The van der Waals surface area contributed by atoms with E-state index in [4.69, 9.17) is 23.2 Å². The summed E-state index contributed by atoms with van der Waals surface area (Å²) in [6, 6.07) is 12.8. The number of nitrogens with one attached hydrogen (secondary N) is 1. The molecule has 0 bridgehead atoms. The molecule has 1 N–H and O–H groups in total. The minimum Gasteiger partial charge on any atom is -0.354 e. The van der Waals surface area contributed by atoms with Crippen LogP contribution < -0.4 is 9.62 Å². The average molecular weight is 475 g/mol. The highest BCUT2D eigenvalue weighted by atomic mass is 35.5. The van der Waals surface area contributed by atoms with Crippen molar-refractivity contribution in [1.82, 2.24) is 5.32 Å². The number of anilines is 1. The fraction of sp³-hybridized carbons (Fsp3) is 0.350. The fourth-order valence-electron chi connectivity index (χ4n) is 2.64. The van der Waals surface area contributed by atoms with Crippen LogP contribution in [0.1, 0.15) is 17.5 Å². The molecule has 0 aliphatic rings. The number of hydrogen-bond donors (Lipinski definition) is 1. The molecule has 0 unspecified atom stereocenters. The number of carbonyl (C=O) groups excluding carboxylic acids is 1. The second-order valence-electron chi connectivity index (χ2n) is 6.61. The minimum atomic E-state index is -3.68. The van der Waals surface area contributed by atoms with Gasteiger partial charge in [0.2, 0.25) is 15.9 Å². The molecule has 0 spiro atoms. The van der Waals surface area contributed by atoms with E-state index in [1.54, 1.807) is 11.8 Å². The fourth-order valence-corrected chi connectivity index (χ4v) is 4.98. The highest BCUT2D eigenvalue weighted by molar-refractivity contribution is 7.98. The Morgan fingerprint density at radius 1 is 1.17 bits per heavy atom. The van der Waals surface area contributed by atoms with E-state index >= 15 is 0 Å². The molecule has 0 radical (unpaired) electrons. The standard InChI is InChI=1S/C20H24Cl2N2O3S2/c1-15-5-3-6-16(11-15)14-28-10-4-9-23-20(25)13-24(29(2,26)27)19-8-7-17(21)12-18(19)22/h3,5-8,11-12H,4,9-10,13-14H2,1-2H3,(H,23,25). The first-order valence-corrected chi connectivity index (χ1v) is 12.8. The zero-order valence-electron chi connectivity index (χ0n) is 16.3. The molecule has 29 heavy (non-hydrogen) atoms. The highest BCUT2D eigenvalue weighted by Gasteiger charge is 2.23. The van der Waals surface area contributed by atoms with E-state index < -0.39 is 10.0 Å². The van der Waals surface area contributed by atoms with Crippen LogP contribution in [0, 0.1) is 6.92 Å². The summed E-state index contributed by atoms with van der Waals surface area (Å²) in [4.78, 5) is 12.3. The Balaban J connectivity index is 1.80. The Bertz CT molecular complexity index is 952. The largest absolute Gasteiger partial charge is 0.354 e. The van der Waals surface area contributed by atoms with E-state index in [0.717, 1.165) is 28.5 Å². The van der Waals surface area contributed by atoms with E-state index in [-0.39, 0.29) is 23.2 Å². The highest BCUT2D eigenvalue weighted by Crippen LogP contribution is 2.30. The van der Waals surface area contributed by atoms with Crippen LogP contribution in [0.2, 0.25) is 10.0 Å². The number of halogens is 2. The molecule has 2 aromatic rings. The van der Waals surface area contributed by atoms with Crippen molar-refractivity contribution in [3.8, 4) is 0 Å². The van der Waals surface area contributed by atoms with Gasteiger partial charge in [-0.1, -0.05) is 53.0 Å². The Kier molecular flexibility index (Phi) is 9.14. The lowest BCUT2D eigenvalue weighted by Crippen LogP contribution is -2.40. The molecule has 2 aromatic carbocycles. The molecule has 0 heterocycles. The molecule has 0 aliphatic heterocycles. The Hall–Kier alpha value is -1.41. The van der Waals surface area contributed by atoms with Crippen molar-refractivity contribution in [3.63, 3.8) is 0 Å². The summed E-state index contributed by atoms with van der Waals surface area (Å²) in [7, 11) is -3.68. The zero-order valence-corrected chi connectivity index (χ0v) is 19.5. The van der Waals surface area contributed by atoms with Gasteiger partial charge in [0.25, 0.3) is 0 Å². The average Bonchev–Trinajstić information content (AvgIpc) is 2.62. The number of thioether (sulfide) groups is 1. The maximum atomic E-state index is 12.3. The van der Waals surface area contributed by atoms with E-state index in [1.807, 2.05) is 6.07 Å². The van der Waals surface area contributed by atoms with Crippen LogP contribution in [0.5, 0.6) is 0 Å². The van der Waals surface area contributed by atoms with Crippen LogP contribution in [0.3, 0.4) is 0 Å². The van der Waals surface area contributed by atoms with Crippen molar-refractivity contribution in [1.29, 1.82) is 0 Å². The van der Waals surface area contributed by atoms with E-state index in [9.17, 15) is 13.2 Å². The summed E-state index contributed by atoms with van der Waals surface area (Å²) < 4.78 is 25.2. The molecule has 0 aromatic heterocycles. The summed E-state index contributed by atoms with van der Waals surface area (Å²) in [6.07, 6.45) is 1.83. The third-order valence-corrected chi connectivity index (χ3v) is 6.78.